The molecule has 1 amide bonds. The summed E-state index contributed by atoms with van der Waals surface area (Å²) in [5.41, 5.74) is 1.96. The maximum absolute atomic E-state index is 12.0. The zero-order chi connectivity index (χ0) is 12.5. The van der Waals surface area contributed by atoms with Crippen molar-refractivity contribution in [3.63, 3.8) is 0 Å². The van der Waals surface area contributed by atoms with Crippen molar-refractivity contribution in [3.8, 4) is 5.75 Å². The molecule has 2 heterocycles. The highest BCUT2D eigenvalue weighted by molar-refractivity contribution is 9.10. The molecule has 1 aliphatic heterocycles. The number of nitrogens with one attached hydrogen (secondary N) is 1. The van der Waals surface area contributed by atoms with Gasteiger partial charge in [0, 0.05) is 16.6 Å². The molecular weight excluding hydrogens is 314 g/mol. The Labute approximate surface area is 117 Å². The van der Waals surface area contributed by atoms with Crippen molar-refractivity contribution in [2.24, 2.45) is 0 Å². The zero-order valence-electron chi connectivity index (χ0n) is 9.40. The molecule has 3 rings (SSSR count). The first kappa shape index (κ1) is 11.7. The van der Waals surface area contributed by atoms with E-state index in [0.717, 1.165) is 34.5 Å². The lowest BCUT2D eigenvalue weighted by Crippen LogP contribution is -2.10. The van der Waals surface area contributed by atoms with Crippen molar-refractivity contribution in [1.82, 2.24) is 0 Å². The largest absolute Gasteiger partial charge is 0.493 e. The van der Waals surface area contributed by atoms with Gasteiger partial charge in [-0.15, -0.1) is 11.3 Å². The molecule has 18 heavy (non-hydrogen) atoms. The van der Waals surface area contributed by atoms with Gasteiger partial charge in [-0.3, -0.25) is 4.79 Å². The number of fused-ring (bicyclic) bond motifs is 1. The van der Waals surface area contributed by atoms with Gasteiger partial charge in [0.1, 0.15) is 10.6 Å². The number of carbonyl (C=O) groups excluding carboxylic acids is 1. The lowest BCUT2D eigenvalue weighted by atomic mass is 10.1. The van der Waals surface area contributed by atoms with Crippen LogP contribution in [-0.2, 0) is 6.42 Å². The van der Waals surface area contributed by atoms with Crippen molar-refractivity contribution in [1.29, 1.82) is 0 Å². The van der Waals surface area contributed by atoms with E-state index < -0.39 is 0 Å². The van der Waals surface area contributed by atoms with Crippen LogP contribution in [0.4, 0.5) is 5.69 Å². The standard InChI is InChI=1S/C13H10BrNO2S/c14-10-4-6-18-12(10)13(16)15-9-1-2-11-8(7-9)3-5-17-11/h1-2,4,6-7H,3,5H2,(H,15,16). The molecule has 1 aliphatic rings. The Kier molecular flexibility index (Phi) is 3.09. The first-order valence-corrected chi connectivity index (χ1v) is 7.21. The van der Waals surface area contributed by atoms with Crippen LogP contribution < -0.4 is 10.1 Å². The molecule has 0 saturated carbocycles. The van der Waals surface area contributed by atoms with Gasteiger partial charge in [-0.2, -0.15) is 0 Å². The fourth-order valence-corrected chi connectivity index (χ4v) is 3.35. The summed E-state index contributed by atoms with van der Waals surface area (Å²) in [6.07, 6.45) is 0.905. The van der Waals surface area contributed by atoms with Crippen molar-refractivity contribution in [2.45, 2.75) is 6.42 Å². The van der Waals surface area contributed by atoms with E-state index >= 15 is 0 Å². The van der Waals surface area contributed by atoms with Crippen LogP contribution in [-0.4, -0.2) is 12.5 Å². The summed E-state index contributed by atoms with van der Waals surface area (Å²) in [6.45, 7) is 0.725. The number of halogens is 1. The van der Waals surface area contributed by atoms with E-state index in [4.69, 9.17) is 4.74 Å². The average molecular weight is 324 g/mol. The number of rotatable bonds is 2. The van der Waals surface area contributed by atoms with E-state index in [-0.39, 0.29) is 5.91 Å². The summed E-state index contributed by atoms with van der Waals surface area (Å²) in [4.78, 5) is 12.7. The summed E-state index contributed by atoms with van der Waals surface area (Å²) < 4.78 is 6.26. The highest BCUT2D eigenvalue weighted by Crippen LogP contribution is 2.29. The molecule has 0 aliphatic carbocycles. The molecule has 1 aromatic heterocycles. The van der Waals surface area contributed by atoms with Gasteiger partial charge in [0.15, 0.2) is 0 Å². The van der Waals surface area contributed by atoms with Gasteiger partial charge in [-0.25, -0.2) is 0 Å². The molecule has 3 nitrogen and oxygen atoms in total. The van der Waals surface area contributed by atoms with Crippen molar-refractivity contribution in [3.05, 3.63) is 44.6 Å². The van der Waals surface area contributed by atoms with E-state index in [1.165, 1.54) is 11.3 Å². The van der Waals surface area contributed by atoms with Crippen LogP contribution in [0, 0.1) is 0 Å². The molecule has 0 unspecified atom stereocenters. The van der Waals surface area contributed by atoms with Crippen LogP contribution >= 0.6 is 27.3 Å². The molecule has 0 atom stereocenters. The molecular formula is C13H10BrNO2S. The predicted octanol–water partition coefficient (Wildman–Crippen LogP) is 3.70. The van der Waals surface area contributed by atoms with Crippen LogP contribution in [0.3, 0.4) is 0 Å². The van der Waals surface area contributed by atoms with Crippen molar-refractivity contribution >= 4 is 38.9 Å². The van der Waals surface area contributed by atoms with Crippen LogP contribution in [0.1, 0.15) is 15.2 Å². The van der Waals surface area contributed by atoms with Crippen LogP contribution in [0.2, 0.25) is 0 Å². The minimum absolute atomic E-state index is 0.0873. The van der Waals surface area contributed by atoms with Crippen LogP contribution in [0.15, 0.2) is 34.1 Å². The van der Waals surface area contributed by atoms with Crippen molar-refractivity contribution < 1.29 is 9.53 Å². The summed E-state index contributed by atoms with van der Waals surface area (Å²) in [6, 6.07) is 7.61. The monoisotopic (exact) mass is 323 g/mol. The molecule has 0 radical (unpaired) electrons. The number of anilines is 1. The van der Waals surface area contributed by atoms with Crippen LogP contribution in [0.25, 0.3) is 0 Å². The van der Waals surface area contributed by atoms with Crippen LogP contribution in [0.5, 0.6) is 5.75 Å². The maximum atomic E-state index is 12.0. The fraction of sp³-hybridized carbons (Fsp3) is 0.154. The molecule has 5 heteroatoms. The molecule has 1 N–H and O–H groups in total. The SMILES string of the molecule is O=C(Nc1ccc2c(c1)CCO2)c1sccc1Br. The summed E-state index contributed by atoms with van der Waals surface area (Å²) in [5.74, 6) is 0.834. The summed E-state index contributed by atoms with van der Waals surface area (Å²) >= 11 is 4.78. The second-order valence-electron chi connectivity index (χ2n) is 3.97. The second kappa shape index (κ2) is 4.74. The zero-order valence-corrected chi connectivity index (χ0v) is 11.8. The van der Waals surface area contributed by atoms with E-state index in [9.17, 15) is 4.79 Å². The van der Waals surface area contributed by atoms with Gasteiger partial charge in [-0.1, -0.05) is 0 Å². The first-order chi connectivity index (χ1) is 8.74. The Morgan fingerprint density at radius 3 is 3.06 bits per heavy atom. The summed E-state index contributed by atoms with van der Waals surface area (Å²) in [7, 11) is 0. The third-order valence-corrected chi connectivity index (χ3v) is 4.61. The smallest absolute Gasteiger partial charge is 0.266 e. The van der Waals surface area contributed by atoms with Crippen molar-refractivity contribution in [2.75, 3.05) is 11.9 Å². The van der Waals surface area contributed by atoms with E-state index in [0.29, 0.717) is 4.88 Å². The molecule has 1 aromatic carbocycles. The Morgan fingerprint density at radius 2 is 2.28 bits per heavy atom. The molecule has 0 saturated heterocycles. The number of ether oxygens (including phenoxy) is 1. The number of hydrogen-bond acceptors (Lipinski definition) is 3. The molecule has 2 aromatic rings. The molecule has 0 spiro atoms. The van der Waals surface area contributed by atoms with Gasteiger partial charge in [-0.05, 0) is 51.1 Å². The van der Waals surface area contributed by atoms with E-state index in [2.05, 4.69) is 21.2 Å². The normalized spacial score (nSPS) is 12.9. The fourth-order valence-electron chi connectivity index (χ4n) is 1.91. The number of hydrogen-bond donors (Lipinski definition) is 1. The highest BCUT2D eigenvalue weighted by Gasteiger charge is 2.15. The number of thiophene rings is 1. The lowest BCUT2D eigenvalue weighted by molar-refractivity contribution is 0.103. The van der Waals surface area contributed by atoms with E-state index in [1.54, 1.807) is 0 Å². The van der Waals surface area contributed by atoms with Gasteiger partial charge in [0.05, 0.1) is 6.61 Å². The maximum Gasteiger partial charge on any atom is 0.266 e. The third-order valence-electron chi connectivity index (χ3n) is 2.77. The third kappa shape index (κ3) is 2.15. The summed E-state index contributed by atoms with van der Waals surface area (Å²) in [5, 5.41) is 4.79. The first-order valence-electron chi connectivity index (χ1n) is 5.54. The number of carbonyl (C=O) groups is 1. The lowest BCUT2D eigenvalue weighted by Gasteiger charge is -2.06. The highest BCUT2D eigenvalue weighted by atomic mass is 79.9. The Morgan fingerprint density at radius 1 is 1.39 bits per heavy atom. The Balaban J connectivity index is 1.81. The second-order valence-corrected chi connectivity index (χ2v) is 5.74. The minimum atomic E-state index is -0.0873. The molecule has 92 valence electrons. The predicted molar refractivity (Wildman–Crippen MR) is 75.6 cm³/mol. The molecule has 0 bridgehead atoms. The number of amides is 1. The van der Waals surface area contributed by atoms with Gasteiger partial charge < -0.3 is 10.1 Å². The Hall–Kier alpha value is -1.33. The Bertz CT molecular complexity index is 609. The topological polar surface area (TPSA) is 38.3 Å². The number of benzene rings is 1. The average Bonchev–Trinajstić information content (AvgIpc) is 2.96. The van der Waals surface area contributed by atoms with E-state index in [1.807, 2.05) is 29.6 Å². The quantitative estimate of drug-likeness (QED) is 0.915. The van der Waals surface area contributed by atoms with Gasteiger partial charge >= 0.3 is 0 Å². The van der Waals surface area contributed by atoms with Gasteiger partial charge in [0.25, 0.3) is 5.91 Å². The van der Waals surface area contributed by atoms with Gasteiger partial charge in [0.2, 0.25) is 0 Å². The molecule has 0 fully saturated rings. The minimum Gasteiger partial charge on any atom is -0.493 e.